The molecule has 2 aromatic heterocycles. The molecule has 8 heteroatoms. The lowest BCUT2D eigenvalue weighted by Gasteiger charge is -2.26. The maximum atomic E-state index is 14.9. The Labute approximate surface area is 191 Å². The number of carbonyl (C=O) groups is 2. The zero-order valence-electron chi connectivity index (χ0n) is 19.2. The Balaban J connectivity index is 1.92. The number of Topliss-reactive ketones (excluding diaryl/α,β-unsaturated/α-hetero) is 1. The van der Waals surface area contributed by atoms with Gasteiger partial charge in [0.25, 0.3) is 11.7 Å². The molecular formula is C25H27FN4O3. The minimum Gasteiger partial charge on any atom is -0.505 e. The molecule has 3 heterocycles. The monoisotopic (exact) mass is 450 g/mol. The second-order valence-corrected chi connectivity index (χ2v) is 8.60. The molecule has 1 amide bonds. The highest BCUT2D eigenvalue weighted by atomic mass is 19.1. The molecule has 0 radical (unpaired) electrons. The molecule has 3 aromatic rings. The Morgan fingerprint density at radius 2 is 1.88 bits per heavy atom. The van der Waals surface area contributed by atoms with Gasteiger partial charge in [0, 0.05) is 18.3 Å². The van der Waals surface area contributed by atoms with E-state index in [0.717, 1.165) is 5.56 Å². The van der Waals surface area contributed by atoms with Crippen LogP contribution in [0, 0.1) is 19.7 Å². The molecule has 1 aliphatic rings. The van der Waals surface area contributed by atoms with Crippen molar-refractivity contribution in [3.05, 3.63) is 76.5 Å². The molecule has 1 N–H and O–H groups in total. The molecule has 1 saturated heterocycles. The molecule has 7 nitrogen and oxygen atoms in total. The van der Waals surface area contributed by atoms with Gasteiger partial charge in [-0.15, -0.1) is 0 Å². The van der Waals surface area contributed by atoms with Gasteiger partial charge in [-0.2, -0.15) is 0 Å². The summed E-state index contributed by atoms with van der Waals surface area (Å²) in [7, 11) is 3.83. The van der Waals surface area contributed by atoms with E-state index < -0.39 is 23.5 Å². The van der Waals surface area contributed by atoms with Gasteiger partial charge in [-0.05, 0) is 58.6 Å². The van der Waals surface area contributed by atoms with E-state index in [2.05, 4.69) is 4.98 Å². The first-order valence-electron chi connectivity index (χ1n) is 10.8. The number of ketones is 1. The topological polar surface area (TPSA) is 78.1 Å². The van der Waals surface area contributed by atoms with Crippen molar-refractivity contribution in [3.8, 4) is 0 Å². The molecule has 1 atom stereocenters. The van der Waals surface area contributed by atoms with E-state index in [4.69, 9.17) is 0 Å². The van der Waals surface area contributed by atoms with Crippen molar-refractivity contribution in [2.24, 2.45) is 0 Å². The largest absolute Gasteiger partial charge is 0.505 e. The standard InChI is InChI=1S/C25H27FN4O3/c1-15-9-7-13-29-20(16(2)27-24(15)29)22(31)19-21(17-10-5-6-11-18(17)26)30(25(33)23(19)32)14-8-12-28(3)4/h5-7,9-11,13,21,31H,8,12,14H2,1-4H3/t21-/m1/s1. The SMILES string of the molecule is Cc1nc2c(C)cccn2c1C(O)=C1C(=O)C(=O)N(CCCN(C)C)[C@@H]1c1ccccc1F. The van der Waals surface area contributed by atoms with Crippen LogP contribution in [-0.2, 0) is 9.59 Å². The summed E-state index contributed by atoms with van der Waals surface area (Å²) in [5.74, 6) is -2.47. The number of aliphatic hydroxyl groups is 1. The number of aliphatic hydroxyl groups excluding tert-OH is 1. The van der Waals surface area contributed by atoms with Crippen LogP contribution in [0.15, 0.2) is 48.2 Å². The van der Waals surface area contributed by atoms with Crippen molar-refractivity contribution in [2.75, 3.05) is 27.2 Å². The Bertz CT molecular complexity index is 1280. The number of halogens is 1. The zero-order valence-corrected chi connectivity index (χ0v) is 19.2. The van der Waals surface area contributed by atoms with Gasteiger partial charge < -0.3 is 14.9 Å². The number of hydrogen-bond donors (Lipinski definition) is 1. The first-order valence-corrected chi connectivity index (χ1v) is 10.8. The van der Waals surface area contributed by atoms with Gasteiger partial charge in [-0.1, -0.05) is 24.3 Å². The van der Waals surface area contributed by atoms with Gasteiger partial charge in [-0.3, -0.25) is 14.0 Å². The van der Waals surface area contributed by atoms with Crippen LogP contribution in [-0.4, -0.2) is 63.2 Å². The van der Waals surface area contributed by atoms with E-state index in [1.165, 1.54) is 11.0 Å². The second-order valence-electron chi connectivity index (χ2n) is 8.60. The number of aromatic nitrogens is 2. The minimum absolute atomic E-state index is 0.124. The van der Waals surface area contributed by atoms with E-state index in [9.17, 15) is 19.1 Å². The van der Waals surface area contributed by atoms with Crippen LogP contribution in [0.3, 0.4) is 0 Å². The number of amides is 1. The smallest absolute Gasteiger partial charge is 0.295 e. The van der Waals surface area contributed by atoms with Crippen LogP contribution in [0.5, 0.6) is 0 Å². The Hall–Kier alpha value is -3.52. The highest BCUT2D eigenvalue weighted by molar-refractivity contribution is 6.46. The summed E-state index contributed by atoms with van der Waals surface area (Å²) in [4.78, 5) is 34.1. The van der Waals surface area contributed by atoms with E-state index in [-0.39, 0.29) is 23.4 Å². The molecule has 0 bridgehead atoms. The molecule has 4 rings (SSSR count). The van der Waals surface area contributed by atoms with Gasteiger partial charge in [0.1, 0.15) is 17.2 Å². The van der Waals surface area contributed by atoms with Crippen molar-refractivity contribution in [1.82, 2.24) is 19.2 Å². The molecule has 0 unspecified atom stereocenters. The predicted octanol–water partition coefficient (Wildman–Crippen LogP) is 3.46. The lowest BCUT2D eigenvalue weighted by molar-refractivity contribution is -0.140. The number of nitrogens with zero attached hydrogens (tertiary/aromatic N) is 4. The van der Waals surface area contributed by atoms with Gasteiger partial charge in [0.05, 0.1) is 17.3 Å². The summed E-state index contributed by atoms with van der Waals surface area (Å²) in [5.41, 5.74) is 2.41. The van der Waals surface area contributed by atoms with Crippen molar-refractivity contribution >= 4 is 23.1 Å². The van der Waals surface area contributed by atoms with Crippen molar-refractivity contribution < 1.29 is 19.1 Å². The van der Waals surface area contributed by atoms with Gasteiger partial charge in [0.15, 0.2) is 5.76 Å². The summed E-state index contributed by atoms with van der Waals surface area (Å²) in [6, 6.07) is 8.73. The number of pyridine rings is 1. The molecular weight excluding hydrogens is 423 g/mol. The molecule has 0 saturated carbocycles. The molecule has 33 heavy (non-hydrogen) atoms. The molecule has 0 spiro atoms. The Kier molecular flexibility index (Phi) is 6.03. The maximum Gasteiger partial charge on any atom is 0.295 e. The van der Waals surface area contributed by atoms with Crippen molar-refractivity contribution in [2.45, 2.75) is 26.3 Å². The molecule has 1 fully saturated rings. The predicted molar refractivity (Wildman–Crippen MR) is 123 cm³/mol. The van der Waals surface area contributed by atoms with Crippen LogP contribution in [0.25, 0.3) is 11.4 Å². The first kappa shape index (κ1) is 22.7. The fourth-order valence-electron chi connectivity index (χ4n) is 4.42. The van der Waals surface area contributed by atoms with Gasteiger partial charge >= 0.3 is 0 Å². The maximum absolute atomic E-state index is 14.9. The average Bonchev–Trinajstić information content (AvgIpc) is 3.23. The third-order valence-corrected chi connectivity index (χ3v) is 5.99. The van der Waals surface area contributed by atoms with Crippen LogP contribution in [0.2, 0.25) is 0 Å². The molecule has 0 aliphatic carbocycles. The number of rotatable bonds is 6. The fourth-order valence-corrected chi connectivity index (χ4v) is 4.42. The summed E-state index contributed by atoms with van der Waals surface area (Å²) in [6.45, 7) is 4.57. The Morgan fingerprint density at radius 3 is 2.58 bits per heavy atom. The lowest BCUT2D eigenvalue weighted by atomic mass is 9.95. The van der Waals surface area contributed by atoms with E-state index >= 15 is 0 Å². The molecule has 1 aliphatic heterocycles. The molecule has 172 valence electrons. The highest BCUT2D eigenvalue weighted by Gasteiger charge is 2.47. The number of aryl methyl sites for hydroxylation is 2. The van der Waals surface area contributed by atoms with Gasteiger partial charge in [-0.25, -0.2) is 9.37 Å². The second kappa shape index (κ2) is 8.78. The number of likely N-dealkylation sites (tertiary alicyclic amines) is 1. The number of carbonyl (C=O) groups excluding carboxylic acids is 2. The third-order valence-electron chi connectivity index (χ3n) is 5.99. The minimum atomic E-state index is -1.02. The van der Waals surface area contributed by atoms with E-state index in [1.54, 1.807) is 35.7 Å². The summed E-state index contributed by atoms with van der Waals surface area (Å²) >= 11 is 0. The summed E-state index contributed by atoms with van der Waals surface area (Å²) in [6.07, 6.45) is 2.33. The normalized spacial score (nSPS) is 18.1. The van der Waals surface area contributed by atoms with Crippen LogP contribution in [0.1, 0.15) is 35.0 Å². The molecule has 1 aromatic carbocycles. The first-order chi connectivity index (χ1) is 15.7. The van der Waals surface area contributed by atoms with E-state index in [0.29, 0.717) is 30.0 Å². The lowest BCUT2D eigenvalue weighted by Crippen LogP contribution is -2.32. The van der Waals surface area contributed by atoms with Gasteiger partial charge in [0.2, 0.25) is 0 Å². The average molecular weight is 451 g/mol. The summed E-state index contributed by atoms with van der Waals surface area (Å²) < 4.78 is 16.6. The van der Waals surface area contributed by atoms with Crippen LogP contribution >= 0.6 is 0 Å². The zero-order chi connectivity index (χ0) is 23.9. The van der Waals surface area contributed by atoms with Crippen LogP contribution < -0.4 is 0 Å². The van der Waals surface area contributed by atoms with E-state index in [1.807, 2.05) is 38.1 Å². The fraction of sp³-hybridized carbons (Fsp3) is 0.320. The number of imidazole rings is 1. The van der Waals surface area contributed by atoms with Crippen LogP contribution in [0.4, 0.5) is 4.39 Å². The van der Waals surface area contributed by atoms with Crippen molar-refractivity contribution in [1.29, 1.82) is 0 Å². The number of benzene rings is 1. The number of fused-ring (bicyclic) bond motifs is 1. The van der Waals surface area contributed by atoms with Crippen molar-refractivity contribution in [3.63, 3.8) is 0 Å². The quantitative estimate of drug-likeness (QED) is 0.354. The highest BCUT2D eigenvalue weighted by Crippen LogP contribution is 2.41. The Morgan fingerprint density at radius 1 is 1.15 bits per heavy atom. The number of hydrogen-bond acceptors (Lipinski definition) is 5. The third kappa shape index (κ3) is 3.91. The summed E-state index contributed by atoms with van der Waals surface area (Å²) in [5, 5.41) is 11.4.